The van der Waals surface area contributed by atoms with Crippen LogP contribution in [0.25, 0.3) is 16.8 Å². The molecule has 0 radical (unpaired) electrons. The highest BCUT2D eigenvalue weighted by Gasteiger charge is 2.26. The molecule has 4 aromatic rings. The zero-order chi connectivity index (χ0) is 19.9. The lowest BCUT2D eigenvalue weighted by molar-refractivity contribution is 0.513. The molecule has 0 saturated carbocycles. The second kappa shape index (κ2) is 6.64. The number of aromatic nitrogens is 4. The second-order valence-electron chi connectivity index (χ2n) is 5.81. The quantitative estimate of drug-likeness (QED) is 0.523. The fourth-order valence-corrected chi connectivity index (χ4v) is 3.94. The molecule has 10 heteroatoms. The molecule has 0 bridgehead atoms. The minimum atomic E-state index is -4.61. The molecule has 2 aromatic carbocycles. The van der Waals surface area contributed by atoms with Gasteiger partial charge in [0.25, 0.3) is 10.0 Å². The second-order valence-corrected chi connectivity index (χ2v) is 7.54. The van der Waals surface area contributed by atoms with Crippen LogP contribution in [0, 0.1) is 17.5 Å². The molecule has 2 aromatic heterocycles. The molecule has 0 unspecified atom stereocenters. The molecule has 28 heavy (non-hydrogen) atoms. The number of halogens is 3. The Hall–Kier alpha value is -3.40. The van der Waals surface area contributed by atoms with E-state index in [4.69, 9.17) is 0 Å². The van der Waals surface area contributed by atoms with Crippen molar-refractivity contribution in [3.05, 3.63) is 84.7 Å². The third-order valence-electron chi connectivity index (χ3n) is 3.97. The summed E-state index contributed by atoms with van der Waals surface area (Å²) in [6.45, 7) is 0. The number of hydrogen-bond donors (Lipinski definition) is 0. The summed E-state index contributed by atoms with van der Waals surface area (Å²) in [5.74, 6) is -3.04. The van der Waals surface area contributed by atoms with E-state index in [2.05, 4.69) is 10.2 Å². The van der Waals surface area contributed by atoms with Gasteiger partial charge >= 0.3 is 0 Å². The third kappa shape index (κ3) is 3.07. The van der Waals surface area contributed by atoms with E-state index in [0.29, 0.717) is 15.3 Å². The van der Waals surface area contributed by atoms with Crippen LogP contribution in [0.1, 0.15) is 0 Å². The van der Waals surface area contributed by atoms with Gasteiger partial charge in [0.15, 0.2) is 4.90 Å². The Bertz CT molecular complexity index is 1250. The molecule has 0 aliphatic rings. The fourth-order valence-electron chi connectivity index (χ4n) is 2.70. The van der Waals surface area contributed by atoms with Crippen LogP contribution in [0.5, 0.6) is 0 Å². The summed E-state index contributed by atoms with van der Waals surface area (Å²) in [6, 6.07) is 8.41. The normalized spacial score (nSPS) is 11.7. The van der Waals surface area contributed by atoms with Crippen LogP contribution in [0.3, 0.4) is 0 Å². The average Bonchev–Trinajstić information content (AvgIpc) is 3.33. The molecular formula is C18H11F3N4O2S. The first-order valence-corrected chi connectivity index (χ1v) is 9.35. The first-order chi connectivity index (χ1) is 13.4. The predicted octanol–water partition coefficient (Wildman–Crippen LogP) is 3.39. The maximum absolute atomic E-state index is 14.0. The van der Waals surface area contributed by atoms with Gasteiger partial charge in [-0.1, -0.05) is 6.07 Å². The van der Waals surface area contributed by atoms with E-state index in [-0.39, 0.29) is 5.56 Å². The van der Waals surface area contributed by atoms with Crippen molar-refractivity contribution in [1.29, 1.82) is 0 Å². The highest BCUT2D eigenvalue weighted by atomic mass is 32.2. The Morgan fingerprint density at radius 3 is 2.32 bits per heavy atom. The van der Waals surface area contributed by atoms with Crippen molar-refractivity contribution in [3.63, 3.8) is 0 Å². The largest absolute Gasteiger partial charge is 0.288 e. The maximum atomic E-state index is 14.0. The molecule has 2 heterocycles. The Morgan fingerprint density at radius 2 is 1.64 bits per heavy atom. The molecule has 6 nitrogen and oxygen atoms in total. The lowest BCUT2D eigenvalue weighted by Gasteiger charge is -2.07. The molecule has 0 aliphatic heterocycles. The van der Waals surface area contributed by atoms with Crippen molar-refractivity contribution >= 4 is 10.0 Å². The van der Waals surface area contributed by atoms with Gasteiger partial charge in [-0.15, -0.1) is 0 Å². The van der Waals surface area contributed by atoms with Crippen molar-refractivity contribution in [3.8, 4) is 16.8 Å². The van der Waals surface area contributed by atoms with Gasteiger partial charge in [0.05, 0.1) is 18.1 Å². The Kier molecular flexibility index (Phi) is 4.27. The van der Waals surface area contributed by atoms with E-state index >= 15 is 0 Å². The first kappa shape index (κ1) is 18.0. The van der Waals surface area contributed by atoms with Gasteiger partial charge < -0.3 is 0 Å². The summed E-state index contributed by atoms with van der Waals surface area (Å²) in [6.07, 6.45) is 5.37. The van der Waals surface area contributed by atoms with Gasteiger partial charge in [-0.2, -0.15) is 22.7 Å². The van der Waals surface area contributed by atoms with Gasteiger partial charge in [0.1, 0.15) is 17.5 Å². The van der Waals surface area contributed by atoms with E-state index in [1.807, 2.05) is 0 Å². The molecule has 0 spiro atoms. The number of rotatable bonds is 4. The van der Waals surface area contributed by atoms with Crippen LogP contribution >= 0.6 is 0 Å². The van der Waals surface area contributed by atoms with Crippen LogP contribution < -0.4 is 0 Å². The van der Waals surface area contributed by atoms with Crippen LogP contribution in [0.15, 0.2) is 72.1 Å². The van der Waals surface area contributed by atoms with E-state index in [1.54, 1.807) is 18.3 Å². The van der Waals surface area contributed by atoms with Crippen LogP contribution in [-0.4, -0.2) is 27.4 Å². The van der Waals surface area contributed by atoms with Gasteiger partial charge in [-0.3, -0.25) is 0 Å². The van der Waals surface area contributed by atoms with E-state index in [0.717, 1.165) is 30.6 Å². The van der Waals surface area contributed by atoms with Gasteiger partial charge in [-0.25, -0.2) is 17.9 Å². The van der Waals surface area contributed by atoms with Gasteiger partial charge in [-0.05, 0) is 42.0 Å². The SMILES string of the molecule is O=S(=O)(c1c(F)cccc1F)n1cc(-c2cc(F)cc(-n3cccn3)c2)cn1. The molecule has 4 rings (SSSR count). The Labute approximate surface area is 157 Å². The lowest BCUT2D eigenvalue weighted by atomic mass is 10.1. The zero-order valence-corrected chi connectivity index (χ0v) is 14.8. The maximum Gasteiger partial charge on any atom is 0.288 e. The zero-order valence-electron chi connectivity index (χ0n) is 14.0. The summed E-state index contributed by atoms with van der Waals surface area (Å²) in [5, 5.41) is 7.71. The van der Waals surface area contributed by atoms with E-state index in [9.17, 15) is 21.6 Å². The van der Waals surface area contributed by atoms with Crippen molar-refractivity contribution in [2.24, 2.45) is 0 Å². The summed E-state index contributed by atoms with van der Waals surface area (Å²) in [7, 11) is -4.61. The van der Waals surface area contributed by atoms with Crippen molar-refractivity contribution < 1.29 is 21.6 Å². The predicted molar refractivity (Wildman–Crippen MR) is 93.7 cm³/mol. The number of benzene rings is 2. The molecule has 0 N–H and O–H groups in total. The van der Waals surface area contributed by atoms with Crippen molar-refractivity contribution in [2.75, 3.05) is 0 Å². The number of nitrogens with zero attached hydrogens (tertiary/aromatic N) is 4. The molecule has 0 amide bonds. The summed E-state index contributed by atoms with van der Waals surface area (Å²) in [4.78, 5) is -1.11. The standard InChI is InChI=1S/C18H11F3N4O2S/c19-14-7-12(8-15(9-14)24-6-2-5-22-24)13-10-23-25(11-13)28(26,27)18-16(20)3-1-4-17(18)21/h1-11H. The molecule has 0 fully saturated rings. The molecule has 0 aliphatic carbocycles. The molecule has 0 saturated heterocycles. The van der Waals surface area contributed by atoms with Crippen molar-refractivity contribution in [1.82, 2.24) is 19.0 Å². The molecule has 0 atom stereocenters. The third-order valence-corrected chi connectivity index (χ3v) is 5.57. The van der Waals surface area contributed by atoms with Crippen LogP contribution in [-0.2, 0) is 10.0 Å². The minimum absolute atomic E-state index is 0.244. The summed E-state index contributed by atoms with van der Waals surface area (Å²) >= 11 is 0. The average molecular weight is 404 g/mol. The van der Waals surface area contributed by atoms with Crippen LogP contribution in [0.4, 0.5) is 13.2 Å². The highest BCUT2D eigenvalue weighted by Crippen LogP contribution is 2.26. The first-order valence-electron chi connectivity index (χ1n) is 7.91. The molecule has 142 valence electrons. The van der Waals surface area contributed by atoms with Gasteiger partial charge in [0.2, 0.25) is 0 Å². The van der Waals surface area contributed by atoms with Gasteiger partial charge in [0, 0.05) is 18.0 Å². The molecular weight excluding hydrogens is 393 g/mol. The Morgan fingerprint density at radius 1 is 0.893 bits per heavy atom. The topological polar surface area (TPSA) is 69.8 Å². The lowest BCUT2D eigenvalue weighted by Crippen LogP contribution is -2.16. The summed E-state index contributed by atoms with van der Waals surface area (Å²) < 4.78 is 68.9. The van der Waals surface area contributed by atoms with E-state index < -0.39 is 32.4 Å². The summed E-state index contributed by atoms with van der Waals surface area (Å²) in [5.41, 5.74) is 0.977. The monoisotopic (exact) mass is 404 g/mol. The fraction of sp³-hybridized carbons (Fsp3) is 0. The smallest absolute Gasteiger partial charge is 0.241 e. The Balaban J connectivity index is 1.78. The van der Waals surface area contributed by atoms with Crippen LogP contribution in [0.2, 0.25) is 0 Å². The highest BCUT2D eigenvalue weighted by molar-refractivity contribution is 7.89. The van der Waals surface area contributed by atoms with E-state index in [1.165, 1.54) is 23.0 Å². The van der Waals surface area contributed by atoms with Crippen molar-refractivity contribution in [2.45, 2.75) is 4.90 Å². The minimum Gasteiger partial charge on any atom is -0.241 e. The number of hydrogen-bond acceptors (Lipinski definition) is 4.